The molecule has 0 rings (SSSR count). The molecular formula is C6H9NO2. The molecule has 0 aliphatic rings. The molecular weight excluding hydrogens is 118 g/mol. The van der Waals surface area contributed by atoms with E-state index >= 15 is 0 Å². The van der Waals surface area contributed by atoms with Crippen LogP contribution in [-0.2, 0) is 4.79 Å². The molecule has 0 saturated carbocycles. The summed E-state index contributed by atoms with van der Waals surface area (Å²) in [5, 5.41) is 8.11. The molecule has 0 amide bonds. The summed E-state index contributed by atoms with van der Waals surface area (Å²) in [6, 6.07) is 0. The first-order valence-electron chi connectivity index (χ1n) is 2.65. The topological polar surface area (TPSA) is 63.3 Å². The third kappa shape index (κ3) is 6.99. The zero-order valence-corrected chi connectivity index (χ0v) is 5.05. The van der Waals surface area contributed by atoms with Gasteiger partial charge in [0.15, 0.2) is 0 Å². The van der Waals surface area contributed by atoms with E-state index in [2.05, 4.69) is 11.8 Å². The monoisotopic (exact) mass is 127 g/mol. The highest BCUT2D eigenvalue weighted by Gasteiger charge is 1.90. The van der Waals surface area contributed by atoms with Crippen molar-refractivity contribution in [2.45, 2.75) is 12.8 Å². The van der Waals surface area contributed by atoms with Crippen LogP contribution in [0.15, 0.2) is 0 Å². The van der Waals surface area contributed by atoms with Crippen molar-refractivity contribution in [3.63, 3.8) is 0 Å². The molecule has 0 unspecified atom stereocenters. The first-order chi connectivity index (χ1) is 4.27. The average molecular weight is 127 g/mol. The number of nitrogens with two attached hydrogens (primary N) is 1. The lowest BCUT2D eigenvalue weighted by Crippen LogP contribution is -1.94. The Balaban J connectivity index is 3.19. The zero-order valence-electron chi connectivity index (χ0n) is 5.05. The van der Waals surface area contributed by atoms with Gasteiger partial charge in [-0.2, -0.15) is 0 Å². The number of hydrogen-bond acceptors (Lipinski definition) is 2. The number of carbonyl (C=O) groups is 1. The quantitative estimate of drug-likeness (QED) is 0.505. The summed E-state index contributed by atoms with van der Waals surface area (Å²) in [5.41, 5.74) is 5.02. The number of carboxylic acids is 1. The molecule has 0 heterocycles. The minimum Gasteiger partial charge on any atom is -0.481 e. The molecule has 0 bridgehead atoms. The third-order valence-electron chi connectivity index (χ3n) is 0.691. The van der Waals surface area contributed by atoms with Gasteiger partial charge < -0.3 is 10.8 Å². The van der Waals surface area contributed by atoms with Crippen LogP contribution < -0.4 is 5.73 Å². The Kier molecular flexibility index (Phi) is 4.56. The molecule has 0 fully saturated rings. The van der Waals surface area contributed by atoms with Gasteiger partial charge in [0, 0.05) is 6.42 Å². The van der Waals surface area contributed by atoms with Crippen molar-refractivity contribution < 1.29 is 9.90 Å². The van der Waals surface area contributed by atoms with E-state index in [0.717, 1.165) is 0 Å². The third-order valence-corrected chi connectivity index (χ3v) is 0.691. The predicted octanol–water partition coefficient (Wildman–Crippen LogP) is -0.187. The fourth-order valence-electron chi connectivity index (χ4n) is 0.330. The fourth-order valence-corrected chi connectivity index (χ4v) is 0.330. The molecule has 3 nitrogen and oxygen atoms in total. The van der Waals surface area contributed by atoms with Crippen molar-refractivity contribution in [1.82, 2.24) is 0 Å². The number of hydrogen-bond donors (Lipinski definition) is 2. The van der Waals surface area contributed by atoms with E-state index in [4.69, 9.17) is 10.8 Å². The van der Waals surface area contributed by atoms with Crippen LogP contribution in [-0.4, -0.2) is 17.6 Å². The standard InChI is InChI=1S/C6H9NO2/c7-5-3-1-2-4-6(8)9/h2,4-5,7H2,(H,8,9). The van der Waals surface area contributed by atoms with Crippen LogP contribution in [0.5, 0.6) is 0 Å². The molecule has 0 aromatic heterocycles. The smallest absolute Gasteiger partial charge is 0.304 e. The summed E-state index contributed by atoms with van der Waals surface area (Å²) in [6.45, 7) is 0.305. The van der Waals surface area contributed by atoms with Gasteiger partial charge in [-0.25, -0.2) is 0 Å². The Morgan fingerprint density at radius 3 is 2.67 bits per heavy atom. The highest BCUT2D eigenvalue weighted by atomic mass is 16.4. The summed E-state index contributed by atoms with van der Waals surface area (Å²) < 4.78 is 0. The molecule has 50 valence electrons. The van der Waals surface area contributed by atoms with Crippen molar-refractivity contribution in [3.8, 4) is 11.8 Å². The van der Waals surface area contributed by atoms with Gasteiger partial charge >= 0.3 is 5.97 Å². The minimum absolute atomic E-state index is 0.104. The minimum atomic E-state index is -0.818. The van der Waals surface area contributed by atoms with Crippen molar-refractivity contribution in [1.29, 1.82) is 0 Å². The molecule has 0 atom stereocenters. The molecule has 0 aliphatic heterocycles. The van der Waals surface area contributed by atoms with E-state index in [-0.39, 0.29) is 6.42 Å². The van der Waals surface area contributed by atoms with E-state index in [1.165, 1.54) is 0 Å². The molecule has 3 N–H and O–H groups in total. The van der Waals surface area contributed by atoms with Gasteiger partial charge in [0.05, 0.1) is 13.0 Å². The zero-order chi connectivity index (χ0) is 7.11. The molecule has 0 spiro atoms. The summed E-state index contributed by atoms with van der Waals surface area (Å²) in [4.78, 5) is 9.86. The van der Waals surface area contributed by atoms with E-state index in [1.807, 2.05) is 0 Å². The lowest BCUT2D eigenvalue weighted by atomic mass is 10.3. The Morgan fingerprint density at radius 1 is 1.56 bits per heavy atom. The average Bonchev–Trinajstić information content (AvgIpc) is 1.80. The van der Waals surface area contributed by atoms with Crippen LogP contribution in [0.25, 0.3) is 0 Å². The van der Waals surface area contributed by atoms with Crippen LogP contribution in [0.1, 0.15) is 12.8 Å². The molecule has 0 aromatic rings. The largest absolute Gasteiger partial charge is 0.481 e. The maximum atomic E-state index is 9.86. The van der Waals surface area contributed by atoms with Crippen molar-refractivity contribution in [2.75, 3.05) is 6.54 Å². The second kappa shape index (κ2) is 5.13. The Labute approximate surface area is 53.9 Å². The van der Waals surface area contributed by atoms with Gasteiger partial charge in [-0.3, -0.25) is 4.79 Å². The number of rotatable bonds is 2. The molecule has 0 saturated heterocycles. The van der Waals surface area contributed by atoms with E-state index < -0.39 is 5.97 Å². The second-order valence-corrected chi connectivity index (χ2v) is 1.45. The highest BCUT2D eigenvalue weighted by molar-refractivity contribution is 5.66. The molecule has 0 aromatic carbocycles. The van der Waals surface area contributed by atoms with Crippen molar-refractivity contribution in [3.05, 3.63) is 0 Å². The lowest BCUT2D eigenvalue weighted by Gasteiger charge is -1.81. The van der Waals surface area contributed by atoms with Gasteiger partial charge in [0.2, 0.25) is 0 Å². The van der Waals surface area contributed by atoms with Gasteiger partial charge in [-0.1, -0.05) is 5.92 Å². The van der Waals surface area contributed by atoms with Crippen molar-refractivity contribution in [2.24, 2.45) is 5.73 Å². The van der Waals surface area contributed by atoms with Gasteiger partial charge in [0.1, 0.15) is 0 Å². The second-order valence-electron chi connectivity index (χ2n) is 1.45. The highest BCUT2D eigenvalue weighted by Crippen LogP contribution is 1.83. The van der Waals surface area contributed by atoms with Crippen LogP contribution in [0, 0.1) is 11.8 Å². The fraction of sp³-hybridized carbons (Fsp3) is 0.500. The first-order valence-corrected chi connectivity index (χ1v) is 2.65. The Morgan fingerprint density at radius 2 is 2.22 bits per heavy atom. The maximum absolute atomic E-state index is 9.86. The molecule has 0 aliphatic carbocycles. The van der Waals surface area contributed by atoms with Crippen LogP contribution in [0.3, 0.4) is 0 Å². The van der Waals surface area contributed by atoms with E-state index in [9.17, 15) is 4.79 Å². The first kappa shape index (κ1) is 7.99. The van der Waals surface area contributed by atoms with Crippen LogP contribution in [0.2, 0.25) is 0 Å². The van der Waals surface area contributed by atoms with Gasteiger partial charge in [0.25, 0.3) is 0 Å². The van der Waals surface area contributed by atoms with E-state index in [1.54, 1.807) is 0 Å². The Hall–Kier alpha value is -1.01. The SMILES string of the molecule is NCC#CCCC(=O)O. The molecule has 0 radical (unpaired) electrons. The maximum Gasteiger partial charge on any atom is 0.304 e. The number of aliphatic carboxylic acids is 1. The summed E-state index contributed by atoms with van der Waals surface area (Å²) in [6.07, 6.45) is 0.500. The molecule has 3 heteroatoms. The summed E-state index contributed by atoms with van der Waals surface area (Å²) >= 11 is 0. The summed E-state index contributed by atoms with van der Waals surface area (Å²) in [7, 11) is 0. The Bertz CT molecular complexity index is 143. The lowest BCUT2D eigenvalue weighted by molar-refractivity contribution is -0.136. The van der Waals surface area contributed by atoms with Crippen LogP contribution in [0.4, 0.5) is 0 Å². The van der Waals surface area contributed by atoms with Crippen molar-refractivity contribution >= 4 is 5.97 Å². The normalized spacial score (nSPS) is 7.67. The number of carboxylic acid groups (broad SMARTS) is 1. The van der Waals surface area contributed by atoms with Crippen LogP contribution >= 0.6 is 0 Å². The summed E-state index contributed by atoms with van der Waals surface area (Å²) in [5.74, 6) is 4.36. The van der Waals surface area contributed by atoms with Gasteiger partial charge in [-0.15, -0.1) is 5.92 Å². The van der Waals surface area contributed by atoms with E-state index in [0.29, 0.717) is 13.0 Å². The van der Waals surface area contributed by atoms with Gasteiger partial charge in [-0.05, 0) is 0 Å². The molecule has 9 heavy (non-hydrogen) atoms. The predicted molar refractivity (Wildman–Crippen MR) is 33.7 cm³/mol.